The molecule has 0 aliphatic heterocycles. The maximum Gasteiger partial charge on any atom is 0.250 e. The highest BCUT2D eigenvalue weighted by atomic mass is 19.1. The monoisotopic (exact) mass is 336 g/mol. The lowest BCUT2D eigenvalue weighted by Gasteiger charge is -2.10. The van der Waals surface area contributed by atoms with Crippen LogP contribution >= 0.6 is 0 Å². The first-order chi connectivity index (χ1) is 12.1. The molecule has 1 unspecified atom stereocenters. The summed E-state index contributed by atoms with van der Waals surface area (Å²) in [7, 11) is 0. The van der Waals surface area contributed by atoms with Crippen LogP contribution in [0, 0.1) is 17.1 Å². The van der Waals surface area contributed by atoms with E-state index >= 15 is 0 Å². The zero-order valence-corrected chi connectivity index (χ0v) is 13.2. The van der Waals surface area contributed by atoms with E-state index in [1.54, 1.807) is 31.2 Å². The molecule has 3 aromatic rings. The van der Waals surface area contributed by atoms with Crippen LogP contribution in [0.3, 0.4) is 0 Å². The lowest BCUT2D eigenvalue weighted by molar-refractivity contribution is -0.119. The van der Waals surface area contributed by atoms with E-state index in [-0.39, 0.29) is 11.7 Å². The predicted octanol–water partition coefficient (Wildman–Crippen LogP) is 2.55. The molecule has 1 atom stereocenters. The van der Waals surface area contributed by atoms with Crippen molar-refractivity contribution in [3.8, 4) is 17.5 Å². The number of nitrogens with zero attached hydrogens (tertiary/aromatic N) is 5. The Morgan fingerprint density at radius 1 is 1.20 bits per heavy atom. The molecule has 3 rings (SSSR count). The van der Waals surface area contributed by atoms with Crippen LogP contribution in [0.15, 0.2) is 48.5 Å². The van der Waals surface area contributed by atoms with Crippen molar-refractivity contribution >= 4 is 11.6 Å². The summed E-state index contributed by atoms with van der Waals surface area (Å²) in [6.07, 6.45) is 0. The summed E-state index contributed by atoms with van der Waals surface area (Å²) in [5, 5.41) is 23.4. The summed E-state index contributed by atoms with van der Waals surface area (Å²) in [6, 6.07) is 13.5. The van der Waals surface area contributed by atoms with Crippen LogP contribution in [0.4, 0.5) is 10.1 Å². The molecule has 0 fully saturated rings. The van der Waals surface area contributed by atoms with Gasteiger partial charge in [0.25, 0.3) is 5.91 Å². The summed E-state index contributed by atoms with van der Waals surface area (Å²) in [4.78, 5) is 13.5. The molecule has 0 bridgehead atoms. The number of nitriles is 1. The Morgan fingerprint density at radius 3 is 2.52 bits per heavy atom. The van der Waals surface area contributed by atoms with E-state index < -0.39 is 6.04 Å². The molecular weight excluding hydrogens is 323 g/mol. The van der Waals surface area contributed by atoms with E-state index in [1.807, 2.05) is 6.07 Å². The normalized spacial score (nSPS) is 11.6. The van der Waals surface area contributed by atoms with Crippen molar-refractivity contribution in [2.75, 3.05) is 5.32 Å². The van der Waals surface area contributed by atoms with E-state index in [1.165, 1.54) is 29.1 Å². The van der Waals surface area contributed by atoms with Crippen molar-refractivity contribution in [1.82, 2.24) is 20.2 Å². The van der Waals surface area contributed by atoms with Gasteiger partial charge in [-0.25, -0.2) is 4.39 Å². The first kappa shape index (κ1) is 16.3. The van der Waals surface area contributed by atoms with Gasteiger partial charge >= 0.3 is 0 Å². The largest absolute Gasteiger partial charge is 0.324 e. The fraction of sp³-hybridized carbons (Fsp3) is 0.118. The highest BCUT2D eigenvalue weighted by Crippen LogP contribution is 2.16. The molecule has 0 saturated heterocycles. The molecule has 2 aromatic carbocycles. The first-order valence-corrected chi connectivity index (χ1v) is 7.43. The second-order valence-corrected chi connectivity index (χ2v) is 5.29. The van der Waals surface area contributed by atoms with Crippen molar-refractivity contribution in [3.05, 3.63) is 59.9 Å². The number of rotatable bonds is 4. The molecule has 0 spiro atoms. The highest BCUT2D eigenvalue weighted by Gasteiger charge is 2.19. The van der Waals surface area contributed by atoms with Crippen LogP contribution < -0.4 is 5.32 Å². The van der Waals surface area contributed by atoms with Crippen molar-refractivity contribution in [2.45, 2.75) is 13.0 Å². The molecule has 7 nitrogen and oxygen atoms in total. The quantitative estimate of drug-likeness (QED) is 0.790. The number of carbonyl (C=O) groups is 1. The summed E-state index contributed by atoms with van der Waals surface area (Å²) in [6.45, 7) is 1.63. The minimum absolute atomic E-state index is 0.304. The fourth-order valence-electron chi connectivity index (χ4n) is 2.08. The van der Waals surface area contributed by atoms with Gasteiger partial charge in [-0.3, -0.25) is 4.79 Å². The van der Waals surface area contributed by atoms with Gasteiger partial charge in [0.15, 0.2) is 0 Å². The maximum absolute atomic E-state index is 13.0. The number of nitrogens with one attached hydrogen (secondary N) is 1. The van der Waals surface area contributed by atoms with Crippen LogP contribution in [0.2, 0.25) is 0 Å². The van der Waals surface area contributed by atoms with Gasteiger partial charge in [-0.15, -0.1) is 10.2 Å². The zero-order valence-electron chi connectivity index (χ0n) is 13.2. The Balaban J connectivity index is 1.71. The molecule has 0 aliphatic rings. The third-order valence-electron chi connectivity index (χ3n) is 3.54. The number of hydrogen-bond donors (Lipinski definition) is 1. The van der Waals surface area contributed by atoms with Crippen molar-refractivity contribution in [3.63, 3.8) is 0 Å². The molecule has 0 aliphatic carbocycles. The number of amides is 1. The fourth-order valence-corrected chi connectivity index (χ4v) is 2.08. The van der Waals surface area contributed by atoms with Gasteiger partial charge in [-0.2, -0.15) is 10.1 Å². The Kier molecular flexibility index (Phi) is 4.48. The predicted molar refractivity (Wildman–Crippen MR) is 87.7 cm³/mol. The van der Waals surface area contributed by atoms with Crippen molar-refractivity contribution in [2.24, 2.45) is 0 Å². The number of aromatic nitrogens is 4. The van der Waals surface area contributed by atoms with E-state index in [0.29, 0.717) is 22.6 Å². The van der Waals surface area contributed by atoms with Crippen LogP contribution in [-0.4, -0.2) is 26.1 Å². The topological polar surface area (TPSA) is 96.5 Å². The van der Waals surface area contributed by atoms with Gasteiger partial charge in [-0.1, -0.05) is 0 Å². The maximum atomic E-state index is 13.0. The molecule has 1 aromatic heterocycles. The van der Waals surface area contributed by atoms with Crippen LogP contribution in [0.5, 0.6) is 0 Å². The van der Waals surface area contributed by atoms with Gasteiger partial charge in [0.05, 0.1) is 11.6 Å². The van der Waals surface area contributed by atoms with Crippen molar-refractivity contribution < 1.29 is 9.18 Å². The summed E-state index contributed by atoms with van der Waals surface area (Å²) >= 11 is 0. The van der Waals surface area contributed by atoms with Gasteiger partial charge in [0, 0.05) is 11.3 Å². The average molecular weight is 336 g/mol. The molecule has 8 heteroatoms. The zero-order chi connectivity index (χ0) is 17.8. The summed E-state index contributed by atoms with van der Waals surface area (Å²) in [5.74, 6) is -0.378. The third kappa shape index (κ3) is 3.67. The minimum atomic E-state index is -0.697. The highest BCUT2D eigenvalue weighted by molar-refractivity contribution is 5.93. The van der Waals surface area contributed by atoms with Gasteiger partial charge < -0.3 is 5.32 Å². The van der Waals surface area contributed by atoms with E-state index in [2.05, 4.69) is 20.7 Å². The van der Waals surface area contributed by atoms with E-state index in [4.69, 9.17) is 5.26 Å². The Morgan fingerprint density at radius 2 is 1.88 bits per heavy atom. The number of halogens is 1. The third-order valence-corrected chi connectivity index (χ3v) is 3.54. The molecule has 1 N–H and O–H groups in total. The van der Waals surface area contributed by atoms with Crippen LogP contribution in [-0.2, 0) is 4.79 Å². The molecular formula is C17H13FN6O. The number of carbonyl (C=O) groups excluding carboxylic acids is 1. The molecule has 1 amide bonds. The van der Waals surface area contributed by atoms with E-state index in [0.717, 1.165) is 0 Å². The molecule has 25 heavy (non-hydrogen) atoms. The molecule has 1 heterocycles. The number of tetrazole rings is 1. The van der Waals surface area contributed by atoms with Gasteiger partial charge in [0.2, 0.25) is 5.82 Å². The lowest BCUT2D eigenvalue weighted by Crippen LogP contribution is -2.25. The first-order valence-electron chi connectivity index (χ1n) is 7.43. The lowest BCUT2D eigenvalue weighted by atomic mass is 10.2. The number of benzene rings is 2. The molecule has 0 saturated carbocycles. The Labute approximate surface area is 142 Å². The second-order valence-electron chi connectivity index (χ2n) is 5.29. The second kappa shape index (κ2) is 6.88. The summed E-state index contributed by atoms with van der Waals surface area (Å²) < 4.78 is 13.0. The smallest absolute Gasteiger partial charge is 0.250 e. The summed E-state index contributed by atoms with van der Waals surface area (Å²) in [5.41, 5.74) is 1.68. The standard InChI is InChI=1S/C17H13FN6O/c1-11(17(25)20-15-8-2-12(10-19)3-9-15)24-22-16(21-23-24)13-4-6-14(18)7-5-13/h2-9,11H,1H3,(H,20,25). The minimum Gasteiger partial charge on any atom is -0.324 e. The molecule has 124 valence electrons. The Bertz CT molecular complexity index is 927. The SMILES string of the molecule is CC(C(=O)Nc1ccc(C#N)cc1)n1nnc(-c2ccc(F)cc2)n1. The average Bonchev–Trinajstić information content (AvgIpc) is 3.12. The van der Waals surface area contributed by atoms with Crippen molar-refractivity contribution in [1.29, 1.82) is 5.26 Å². The van der Waals surface area contributed by atoms with Crippen LogP contribution in [0.1, 0.15) is 18.5 Å². The Hall–Kier alpha value is -3.60. The number of anilines is 1. The van der Waals surface area contributed by atoms with Crippen LogP contribution in [0.25, 0.3) is 11.4 Å². The van der Waals surface area contributed by atoms with Gasteiger partial charge in [-0.05, 0) is 60.7 Å². The van der Waals surface area contributed by atoms with Gasteiger partial charge in [0.1, 0.15) is 11.9 Å². The molecule has 0 radical (unpaired) electrons. The van der Waals surface area contributed by atoms with E-state index in [9.17, 15) is 9.18 Å². The number of hydrogen-bond acceptors (Lipinski definition) is 5.